The Balaban J connectivity index is 2.92. The van der Waals surface area contributed by atoms with Crippen molar-refractivity contribution >= 4 is 17.1 Å². The summed E-state index contributed by atoms with van der Waals surface area (Å²) in [6, 6.07) is 5.22. The zero-order valence-electron chi connectivity index (χ0n) is 11.6. The molecule has 0 saturated carbocycles. The smallest absolute Gasteiger partial charge is 0.315 e. The Labute approximate surface area is 113 Å². The van der Waals surface area contributed by atoms with Crippen LogP contribution in [-0.2, 0) is 4.74 Å². The van der Waals surface area contributed by atoms with Crippen LogP contribution in [0.2, 0.25) is 0 Å². The molecular formula is C13H21N3O3. The van der Waals surface area contributed by atoms with Crippen LogP contribution >= 0.6 is 0 Å². The van der Waals surface area contributed by atoms with Crippen molar-refractivity contribution in [2.45, 2.75) is 26.4 Å². The predicted molar refractivity (Wildman–Crippen MR) is 76.8 cm³/mol. The second-order valence-corrected chi connectivity index (χ2v) is 4.31. The molecule has 0 amide bonds. The van der Waals surface area contributed by atoms with Crippen LogP contribution in [0.1, 0.15) is 20.3 Å². The van der Waals surface area contributed by atoms with Crippen molar-refractivity contribution < 1.29 is 9.66 Å². The maximum Gasteiger partial charge on any atom is 0.315 e. The van der Waals surface area contributed by atoms with Crippen molar-refractivity contribution in [1.82, 2.24) is 0 Å². The molecule has 1 aromatic rings. The van der Waals surface area contributed by atoms with Crippen LogP contribution < -0.4 is 10.6 Å². The van der Waals surface area contributed by atoms with Crippen LogP contribution in [0.5, 0.6) is 0 Å². The SMILES string of the molecule is CCCNc1cccc(NCC(C)OC)c1[N+](=O)[O-]. The monoisotopic (exact) mass is 267 g/mol. The highest BCUT2D eigenvalue weighted by atomic mass is 16.6. The molecule has 6 heteroatoms. The molecule has 0 radical (unpaired) electrons. The minimum atomic E-state index is -0.363. The number of para-hydroxylation sites is 1. The van der Waals surface area contributed by atoms with Gasteiger partial charge in [-0.25, -0.2) is 0 Å². The summed E-state index contributed by atoms with van der Waals surface area (Å²) in [4.78, 5) is 10.9. The van der Waals surface area contributed by atoms with E-state index in [1.54, 1.807) is 25.3 Å². The fourth-order valence-corrected chi connectivity index (χ4v) is 1.62. The van der Waals surface area contributed by atoms with Crippen molar-refractivity contribution in [3.05, 3.63) is 28.3 Å². The van der Waals surface area contributed by atoms with Crippen LogP contribution in [0.3, 0.4) is 0 Å². The number of anilines is 2. The Bertz CT molecular complexity index is 424. The number of benzene rings is 1. The summed E-state index contributed by atoms with van der Waals surface area (Å²) in [6.45, 7) is 5.15. The molecule has 0 aliphatic heterocycles. The fourth-order valence-electron chi connectivity index (χ4n) is 1.62. The van der Waals surface area contributed by atoms with Crippen molar-refractivity contribution in [2.75, 3.05) is 30.8 Å². The molecule has 0 spiro atoms. The van der Waals surface area contributed by atoms with E-state index in [4.69, 9.17) is 4.74 Å². The van der Waals surface area contributed by atoms with E-state index in [9.17, 15) is 10.1 Å². The third-order valence-electron chi connectivity index (χ3n) is 2.77. The highest BCUT2D eigenvalue weighted by Gasteiger charge is 2.19. The zero-order chi connectivity index (χ0) is 14.3. The van der Waals surface area contributed by atoms with Gasteiger partial charge in [0.15, 0.2) is 0 Å². The van der Waals surface area contributed by atoms with Gasteiger partial charge in [-0.15, -0.1) is 0 Å². The first-order chi connectivity index (χ1) is 9.10. The van der Waals surface area contributed by atoms with Crippen molar-refractivity contribution in [1.29, 1.82) is 0 Å². The lowest BCUT2D eigenvalue weighted by atomic mass is 10.2. The minimum absolute atomic E-state index is 0.00754. The van der Waals surface area contributed by atoms with Crippen molar-refractivity contribution in [3.8, 4) is 0 Å². The maximum atomic E-state index is 11.2. The van der Waals surface area contributed by atoms with Gasteiger partial charge in [0.05, 0.1) is 11.0 Å². The maximum absolute atomic E-state index is 11.2. The first-order valence-electron chi connectivity index (χ1n) is 6.38. The number of nitro groups is 1. The lowest BCUT2D eigenvalue weighted by Crippen LogP contribution is -2.19. The topological polar surface area (TPSA) is 76.4 Å². The first kappa shape index (κ1) is 15.2. The van der Waals surface area contributed by atoms with Gasteiger partial charge in [0.2, 0.25) is 0 Å². The van der Waals surface area contributed by atoms with E-state index < -0.39 is 0 Å². The molecule has 1 unspecified atom stereocenters. The highest BCUT2D eigenvalue weighted by Crippen LogP contribution is 2.32. The lowest BCUT2D eigenvalue weighted by molar-refractivity contribution is -0.383. The predicted octanol–water partition coefficient (Wildman–Crippen LogP) is 2.86. The minimum Gasteiger partial charge on any atom is -0.380 e. The normalized spacial score (nSPS) is 11.9. The second kappa shape index (κ2) is 7.58. The highest BCUT2D eigenvalue weighted by molar-refractivity contribution is 5.76. The van der Waals surface area contributed by atoms with E-state index in [2.05, 4.69) is 10.6 Å². The number of nitrogens with zero attached hydrogens (tertiary/aromatic N) is 1. The summed E-state index contributed by atoms with van der Waals surface area (Å²) in [5.74, 6) is 0. The number of nitro benzene ring substituents is 1. The van der Waals surface area contributed by atoms with Gasteiger partial charge in [-0.1, -0.05) is 13.0 Å². The molecule has 1 rings (SSSR count). The fraction of sp³-hybridized carbons (Fsp3) is 0.538. The van der Waals surface area contributed by atoms with Gasteiger partial charge in [-0.05, 0) is 25.5 Å². The number of nitrogens with one attached hydrogen (secondary N) is 2. The molecule has 0 bridgehead atoms. The number of ether oxygens (including phenoxy) is 1. The van der Waals surface area contributed by atoms with Gasteiger partial charge in [0, 0.05) is 20.2 Å². The molecule has 1 aromatic carbocycles. The number of rotatable bonds is 8. The summed E-state index contributed by atoms with van der Waals surface area (Å²) in [5.41, 5.74) is 1.14. The van der Waals surface area contributed by atoms with Gasteiger partial charge in [-0.3, -0.25) is 10.1 Å². The van der Waals surface area contributed by atoms with E-state index in [1.165, 1.54) is 0 Å². The summed E-state index contributed by atoms with van der Waals surface area (Å²) in [7, 11) is 1.61. The van der Waals surface area contributed by atoms with Gasteiger partial charge in [0.1, 0.15) is 11.4 Å². The van der Waals surface area contributed by atoms with Crippen LogP contribution in [0, 0.1) is 10.1 Å². The Hall–Kier alpha value is -1.82. The van der Waals surface area contributed by atoms with Crippen molar-refractivity contribution in [2.24, 2.45) is 0 Å². The van der Waals surface area contributed by atoms with Crippen molar-refractivity contribution in [3.63, 3.8) is 0 Å². The summed E-state index contributed by atoms with van der Waals surface area (Å²) in [5, 5.41) is 17.3. The third-order valence-corrected chi connectivity index (χ3v) is 2.77. The molecule has 0 aliphatic rings. The van der Waals surface area contributed by atoms with Crippen LogP contribution in [0.25, 0.3) is 0 Å². The third kappa shape index (κ3) is 4.40. The van der Waals surface area contributed by atoms with E-state index in [0.717, 1.165) is 6.42 Å². The number of hydrogen-bond acceptors (Lipinski definition) is 5. The van der Waals surface area contributed by atoms with E-state index in [-0.39, 0.29) is 16.7 Å². The molecule has 19 heavy (non-hydrogen) atoms. The molecule has 0 aliphatic carbocycles. The van der Waals surface area contributed by atoms with Gasteiger partial charge < -0.3 is 15.4 Å². The van der Waals surface area contributed by atoms with Crippen LogP contribution in [-0.4, -0.2) is 31.2 Å². The Morgan fingerprint density at radius 1 is 1.37 bits per heavy atom. The van der Waals surface area contributed by atoms with Gasteiger partial charge >= 0.3 is 5.69 Å². The number of methoxy groups -OCH3 is 1. The molecular weight excluding hydrogens is 246 g/mol. The van der Waals surface area contributed by atoms with Crippen LogP contribution in [0.15, 0.2) is 18.2 Å². The Kier molecular flexibility index (Phi) is 6.08. The molecule has 106 valence electrons. The standard InChI is InChI=1S/C13H21N3O3/c1-4-8-14-11-6-5-7-12(13(11)16(17)18)15-9-10(2)19-3/h5-7,10,14-15H,4,8-9H2,1-3H3. The molecule has 0 saturated heterocycles. The quantitative estimate of drug-likeness (QED) is 0.559. The molecule has 0 heterocycles. The molecule has 6 nitrogen and oxygen atoms in total. The van der Waals surface area contributed by atoms with E-state index in [0.29, 0.717) is 24.5 Å². The molecule has 1 atom stereocenters. The molecule has 2 N–H and O–H groups in total. The van der Waals surface area contributed by atoms with Crippen LogP contribution in [0.4, 0.5) is 17.1 Å². The summed E-state index contributed by atoms with van der Waals surface area (Å²) in [6.07, 6.45) is 0.905. The largest absolute Gasteiger partial charge is 0.380 e. The average molecular weight is 267 g/mol. The number of hydrogen-bond donors (Lipinski definition) is 2. The second-order valence-electron chi connectivity index (χ2n) is 4.31. The van der Waals surface area contributed by atoms with Gasteiger partial charge in [0.25, 0.3) is 0 Å². The van der Waals surface area contributed by atoms with E-state index in [1.807, 2.05) is 13.8 Å². The molecule has 0 aromatic heterocycles. The van der Waals surface area contributed by atoms with Gasteiger partial charge in [-0.2, -0.15) is 0 Å². The Morgan fingerprint density at radius 2 is 2.00 bits per heavy atom. The van der Waals surface area contributed by atoms with E-state index >= 15 is 0 Å². The Morgan fingerprint density at radius 3 is 2.53 bits per heavy atom. The lowest BCUT2D eigenvalue weighted by Gasteiger charge is -2.14. The summed E-state index contributed by atoms with van der Waals surface area (Å²) < 4.78 is 5.12. The first-order valence-corrected chi connectivity index (χ1v) is 6.38. The zero-order valence-corrected chi connectivity index (χ0v) is 11.6. The summed E-state index contributed by atoms with van der Waals surface area (Å²) >= 11 is 0. The average Bonchev–Trinajstić information content (AvgIpc) is 2.41. The molecule has 0 fully saturated rings.